The molecule has 0 spiro atoms. The first-order valence-electron chi connectivity index (χ1n) is 6.70. The highest BCUT2D eigenvalue weighted by Gasteiger charge is 2.27. The Bertz CT molecular complexity index is 444. The van der Waals surface area contributed by atoms with E-state index >= 15 is 0 Å². The van der Waals surface area contributed by atoms with E-state index in [1.807, 2.05) is 6.07 Å². The number of aliphatic hydroxyl groups is 1. The van der Waals surface area contributed by atoms with E-state index in [0.29, 0.717) is 12.5 Å². The summed E-state index contributed by atoms with van der Waals surface area (Å²) in [5.74, 6) is 0.435. The maximum atomic E-state index is 9.95. The molecule has 1 N–H and O–H groups in total. The Kier molecular flexibility index (Phi) is 4.80. The van der Waals surface area contributed by atoms with Crippen LogP contribution in [0.3, 0.4) is 0 Å². The standard InChI is InChI=1S/C14H20N4O/c1-11(12-5-3-2-4-6-12)9-18-8-7-13(16-17-15)14(19)10-18/h2-6,11,13-14,19H,7-10H2,1H3. The van der Waals surface area contributed by atoms with Crippen LogP contribution in [-0.4, -0.2) is 41.8 Å². The zero-order chi connectivity index (χ0) is 13.7. The lowest BCUT2D eigenvalue weighted by molar-refractivity contribution is 0.0515. The van der Waals surface area contributed by atoms with Crippen LogP contribution in [0.1, 0.15) is 24.8 Å². The van der Waals surface area contributed by atoms with E-state index in [2.05, 4.69) is 46.1 Å². The lowest BCUT2D eigenvalue weighted by Gasteiger charge is -2.35. The number of benzene rings is 1. The molecule has 3 atom stereocenters. The molecule has 1 heterocycles. The van der Waals surface area contributed by atoms with Crippen LogP contribution in [0.5, 0.6) is 0 Å². The summed E-state index contributed by atoms with van der Waals surface area (Å²) in [6, 6.07) is 10.1. The van der Waals surface area contributed by atoms with Crippen molar-refractivity contribution in [3.8, 4) is 0 Å². The van der Waals surface area contributed by atoms with Gasteiger partial charge in [0.05, 0.1) is 12.1 Å². The third-order valence-electron chi connectivity index (χ3n) is 3.73. The normalized spacial score (nSPS) is 25.6. The SMILES string of the molecule is CC(CN1CCC(N=[N+]=[N-])C(O)C1)c1ccccc1. The molecular weight excluding hydrogens is 240 g/mol. The second-order valence-corrected chi connectivity index (χ2v) is 5.20. The minimum atomic E-state index is -0.548. The first-order chi connectivity index (χ1) is 9.20. The Hall–Kier alpha value is -1.55. The summed E-state index contributed by atoms with van der Waals surface area (Å²) in [4.78, 5) is 5.03. The number of nitrogens with zero attached hydrogens (tertiary/aromatic N) is 4. The van der Waals surface area contributed by atoms with E-state index in [1.54, 1.807) is 0 Å². The van der Waals surface area contributed by atoms with Crippen molar-refractivity contribution < 1.29 is 5.11 Å². The molecule has 5 nitrogen and oxygen atoms in total. The fourth-order valence-corrected chi connectivity index (χ4v) is 2.63. The number of aliphatic hydroxyl groups excluding tert-OH is 1. The van der Waals surface area contributed by atoms with Crippen molar-refractivity contribution >= 4 is 0 Å². The molecule has 3 unspecified atom stereocenters. The molecule has 19 heavy (non-hydrogen) atoms. The Balaban J connectivity index is 1.89. The minimum absolute atomic E-state index is 0.270. The molecule has 1 aromatic carbocycles. The molecule has 1 aliphatic heterocycles. The Morgan fingerprint density at radius 3 is 2.84 bits per heavy atom. The molecule has 5 heteroatoms. The van der Waals surface area contributed by atoms with Gasteiger partial charge in [-0.2, -0.15) is 0 Å². The molecule has 1 saturated heterocycles. The second kappa shape index (κ2) is 6.57. The summed E-state index contributed by atoms with van der Waals surface area (Å²) in [5, 5.41) is 13.6. The molecule has 2 rings (SSSR count). The fraction of sp³-hybridized carbons (Fsp3) is 0.571. The molecule has 0 radical (unpaired) electrons. The van der Waals surface area contributed by atoms with Crippen LogP contribution >= 0.6 is 0 Å². The fourth-order valence-electron chi connectivity index (χ4n) is 2.63. The number of hydrogen-bond donors (Lipinski definition) is 1. The van der Waals surface area contributed by atoms with Crippen molar-refractivity contribution in [2.24, 2.45) is 5.11 Å². The Morgan fingerprint density at radius 2 is 2.21 bits per heavy atom. The van der Waals surface area contributed by atoms with Gasteiger partial charge in [0.25, 0.3) is 0 Å². The van der Waals surface area contributed by atoms with Gasteiger partial charge in [0.15, 0.2) is 0 Å². The number of hydrogen-bond acceptors (Lipinski definition) is 3. The van der Waals surface area contributed by atoms with Crippen LogP contribution < -0.4 is 0 Å². The van der Waals surface area contributed by atoms with Crippen LogP contribution in [-0.2, 0) is 0 Å². The van der Waals surface area contributed by atoms with E-state index in [4.69, 9.17) is 5.53 Å². The number of likely N-dealkylation sites (tertiary alicyclic amines) is 1. The molecule has 1 aromatic rings. The van der Waals surface area contributed by atoms with Gasteiger partial charge in [-0.1, -0.05) is 42.4 Å². The molecule has 0 bridgehead atoms. The van der Waals surface area contributed by atoms with Crippen LogP contribution in [0.4, 0.5) is 0 Å². The maximum absolute atomic E-state index is 9.95. The van der Waals surface area contributed by atoms with Gasteiger partial charge in [0.2, 0.25) is 0 Å². The van der Waals surface area contributed by atoms with E-state index in [9.17, 15) is 5.11 Å². The third kappa shape index (κ3) is 3.70. The minimum Gasteiger partial charge on any atom is -0.391 e. The summed E-state index contributed by atoms with van der Waals surface area (Å²) in [6.45, 7) is 4.57. The summed E-state index contributed by atoms with van der Waals surface area (Å²) in [7, 11) is 0. The van der Waals surface area contributed by atoms with Crippen molar-refractivity contribution in [1.29, 1.82) is 0 Å². The van der Waals surface area contributed by atoms with Crippen molar-refractivity contribution in [2.75, 3.05) is 19.6 Å². The van der Waals surface area contributed by atoms with E-state index in [1.165, 1.54) is 5.56 Å². The van der Waals surface area contributed by atoms with Crippen molar-refractivity contribution in [1.82, 2.24) is 4.90 Å². The summed E-state index contributed by atoms with van der Waals surface area (Å²) in [5.41, 5.74) is 9.74. The van der Waals surface area contributed by atoms with Gasteiger partial charge >= 0.3 is 0 Å². The lowest BCUT2D eigenvalue weighted by Crippen LogP contribution is -2.46. The smallest absolute Gasteiger partial charge is 0.0752 e. The van der Waals surface area contributed by atoms with E-state index in [-0.39, 0.29) is 6.04 Å². The van der Waals surface area contributed by atoms with Crippen molar-refractivity contribution in [3.63, 3.8) is 0 Å². The molecule has 0 aromatic heterocycles. The number of azide groups is 1. The summed E-state index contributed by atoms with van der Waals surface area (Å²) < 4.78 is 0. The summed E-state index contributed by atoms with van der Waals surface area (Å²) in [6.07, 6.45) is 0.180. The molecule has 1 aliphatic rings. The van der Waals surface area contributed by atoms with Gasteiger partial charge in [-0.3, -0.25) is 0 Å². The average molecular weight is 260 g/mol. The monoisotopic (exact) mass is 260 g/mol. The van der Waals surface area contributed by atoms with Crippen LogP contribution in [0.25, 0.3) is 10.4 Å². The predicted octanol–water partition coefficient (Wildman–Crippen LogP) is 2.54. The summed E-state index contributed by atoms with van der Waals surface area (Å²) >= 11 is 0. The molecular formula is C14H20N4O. The topological polar surface area (TPSA) is 72.2 Å². The van der Waals surface area contributed by atoms with Crippen LogP contribution in [0.2, 0.25) is 0 Å². The number of β-amino-alcohol motifs (C(OH)–C–C–N with tert-alkyl or cyclic N) is 1. The van der Waals surface area contributed by atoms with Gasteiger partial charge in [0, 0.05) is 18.0 Å². The number of rotatable bonds is 4. The van der Waals surface area contributed by atoms with Gasteiger partial charge < -0.3 is 10.0 Å². The molecule has 0 aliphatic carbocycles. The third-order valence-corrected chi connectivity index (χ3v) is 3.73. The second-order valence-electron chi connectivity index (χ2n) is 5.20. The number of piperidine rings is 1. The molecule has 0 amide bonds. The first kappa shape index (κ1) is 13.9. The van der Waals surface area contributed by atoms with Crippen LogP contribution in [0.15, 0.2) is 35.4 Å². The average Bonchev–Trinajstić information content (AvgIpc) is 2.43. The van der Waals surface area contributed by atoms with E-state index in [0.717, 1.165) is 19.5 Å². The van der Waals surface area contributed by atoms with Gasteiger partial charge in [-0.15, -0.1) is 0 Å². The lowest BCUT2D eigenvalue weighted by atomic mass is 9.97. The van der Waals surface area contributed by atoms with Crippen molar-refractivity contribution in [2.45, 2.75) is 31.4 Å². The first-order valence-corrected chi connectivity index (χ1v) is 6.70. The maximum Gasteiger partial charge on any atom is 0.0752 e. The highest BCUT2D eigenvalue weighted by molar-refractivity contribution is 5.19. The highest BCUT2D eigenvalue weighted by atomic mass is 16.3. The predicted molar refractivity (Wildman–Crippen MR) is 74.9 cm³/mol. The largest absolute Gasteiger partial charge is 0.391 e. The zero-order valence-corrected chi connectivity index (χ0v) is 11.2. The van der Waals surface area contributed by atoms with Gasteiger partial charge in [-0.25, -0.2) is 0 Å². The Morgan fingerprint density at radius 1 is 1.47 bits per heavy atom. The highest BCUT2D eigenvalue weighted by Crippen LogP contribution is 2.20. The molecule has 102 valence electrons. The quantitative estimate of drug-likeness (QED) is 0.513. The van der Waals surface area contributed by atoms with E-state index < -0.39 is 6.10 Å². The Labute approximate surface area is 113 Å². The van der Waals surface area contributed by atoms with Gasteiger partial charge in [-0.05, 0) is 30.0 Å². The van der Waals surface area contributed by atoms with Crippen molar-refractivity contribution in [3.05, 3.63) is 46.3 Å². The zero-order valence-electron chi connectivity index (χ0n) is 11.2. The molecule has 1 fully saturated rings. The van der Waals surface area contributed by atoms with Gasteiger partial charge in [0.1, 0.15) is 0 Å². The molecule has 0 saturated carbocycles. The van der Waals surface area contributed by atoms with Crippen LogP contribution in [0, 0.1) is 0 Å².